The van der Waals surface area contributed by atoms with Crippen LogP contribution >= 0.6 is 0 Å². The molecule has 0 saturated heterocycles. The number of amides is 2. The molecule has 2 N–H and O–H groups in total. The van der Waals surface area contributed by atoms with E-state index in [1.165, 1.54) is 0 Å². The topological polar surface area (TPSA) is 163 Å². The van der Waals surface area contributed by atoms with Crippen molar-refractivity contribution in [3.05, 3.63) is 60.7 Å². The second-order valence-corrected chi connectivity index (χ2v) is 7.92. The molecule has 0 saturated carbocycles. The zero-order valence-corrected chi connectivity index (χ0v) is 21.2. The van der Waals surface area contributed by atoms with Crippen LogP contribution in [0.4, 0.5) is 11.4 Å². The molecule has 0 bridgehead atoms. The summed E-state index contributed by atoms with van der Waals surface area (Å²) in [6.07, 6.45) is -7.67. The highest BCUT2D eigenvalue weighted by Crippen LogP contribution is 2.22. The number of esters is 4. The average molecular weight is 529 g/mol. The van der Waals surface area contributed by atoms with E-state index in [0.717, 1.165) is 27.7 Å². The number of para-hydroxylation sites is 2. The molecule has 2 amide bonds. The van der Waals surface area contributed by atoms with Gasteiger partial charge in [-0.3, -0.25) is 28.8 Å². The third-order valence-electron chi connectivity index (χ3n) is 4.71. The summed E-state index contributed by atoms with van der Waals surface area (Å²) < 4.78 is 20.9. The zero-order chi connectivity index (χ0) is 28.2. The lowest BCUT2D eigenvalue weighted by Crippen LogP contribution is -2.57. The Labute approximate surface area is 218 Å². The van der Waals surface area contributed by atoms with Gasteiger partial charge in [0.05, 0.1) is 0 Å². The summed E-state index contributed by atoms with van der Waals surface area (Å²) in [4.78, 5) is 74.5. The molecule has 202 valence electrons. The average Bonchev–Trinajstić information content (AvgIpc) is 2.84. The first-order valence-electron chi connectivity index (χ1n) is 11.4. The van der Waals surface area contributed by atoms with Crippen molar-refractivity contribution in [3.63, 3.8) is 0 Å². The third-order valence-corrected chi connectivity index (χ3v) is 4.71. The Morgan fingerprint density at radius 2 is 0.789 bits per heavy atom. The number of anilines is 2. The Balaban J connectivity index is 2.57. The Hall–Kier alpha value is -4.74. The van der Waals surface area contributed by atoms with Crippen molar-refractivity contribution < 1.29 is 47.7 Å². The predicted octanol–water partition coefficient (Wildman–Crippen LogP) is 1.99. The summed E-state index contributed by atoms with van der Waals surface area (Å²) in [6.45, 7) is 3.98. The van der Waals surface area contributed by atoms with Crippen molar-refractivity contribution >= 4 is 47.1 Å². The minimum atomic E-state index is -1.93. The van der Waals surface area contributed by atoms with E-state index in [1.807, 2.05) is 0 Å². The van der Waals surface area contributed by atoms with Crippen molar-refractivity contribution in [2.24, 2.45) is 0 Å². The van der Waals surface area contributed by atoms with E-state index >= 15 is 0 Å². The van der Waals surface area contributed by atoms with Crippen LogP contribution in [0.15, 0.2) is 60.7 Å². The number of hydrogen-bond donors (Lipinski definition) is 2. The number of rotatable bonds is 11. The Morgan fingerprint density at radius 1 is 0.500 bits per heavy atom. The highest BCUT2D eigenvalue weighted by molar-refractivity contribution is 5.98. The molecule has 12 heteroatoms. The summed E-state index contributed by atoms with van der Waals surface area (Å²) in [5.74, 6) is -5.78. The van der Waals surface area contributed by atoms with Gasteiger partial charge in [-0.1, -0.05) is 36.4 Å². The first-order chi connectivity index (χ1) is 18.0. The number of ether oxygens (including phenoxy) is 4. The van der Waals surface area contributed by atoms with Crippen LogP contribution in [0.2, 0.25) is 0 Å². The van der Waals surface area contributed by atoms with E-state index in [9.17, 15) is 28.8 Å². The minimum Gasteiger partial charge on any atom is -0.454 e. The van der Waals surface area contributed by atoms with Crippen molar-refractivity contribution in [2.75, 3.05) is 10.6 Å². The second kappa shape index (κ2) is 14.1. The van der Waals surface area contributed by atoms with Crippen molar-refractivity contribution in [1.29, 1.82) is 0 Å². The van der Waals surface area contributed by atoms with Crippen LogP contribution in [-0.4, -0.2) is 60.1 Å². The zero-order valence-electron chi connectivity index (χ0n) is 21.2. The fourth-order valence-electron chi connectivity index (χ4n) is 3.35. The van der Waals surface area contributed by atoms with Gasteiger partial charge in [0.1, 0.15) is 0 Å². The monoisotopic (exact) mass is 528 g/mol. The van der Waals surface area contributed by atoms with Gasteiger partial charge in [-0.05, 0) is 24.3 Å². The van der Waals surface area contributed by atoms with E-state index in [0.29, 0.717) is 11.4 Å². The van der Waals surface area contributed by atoms with E-state index in [2.05, 4.69) is 10.6 Å². The van der Waals surface area contributed by atoms with E-state index in [1.54, 1.807) is 60.7 Å². The van der Waals surface area contributed by atoms with E-state index < -0.39 is 60.1 Å². The van der Waals surface area contributed by atoms with Gasteiger partial charge < -0.3 is 29.6 Å². The number of carbonyl (C=O) groups excluding carboxylic acids is 6. The van der Waals surface area contributed by atoms with Crippen LogP contribution in [0.25, 0.3) is 0 Å². The molecule has 0 aliphatic rings. The van der Waals surface area contributed by atoms with Crippen LogP contribution in [0.1, 0.15) is 27.7 Å². The predicted molar refractivity (Wildman–Crippen MR) is 132 cm³/mol. The number of hydrogen-bond acceptors (Lipinski definition) is 10. The summed E-state index contributed by atoms with van der Waals surface area (Å²) in [7, 11) is 0. The van der Waals surface area contributed by atoms with Gasteiger partial charge in [0.2, 0.25) is 12.2 Å². The van der Waals surface area contributed by atoms with Gasteiger partial charge in [0.25, 0.3) is 11.8 Å². The lowest BCUT2D eigenvalue weighted by Gasteiger charge is -2.34. The first-order valence-corrected chi connectivity index (χ1v) is 11.4. The van der Waals surface area contributed by atoms with Crippen LogP contribution < -0.4 is 10.6 Å². The molecule has 38 heavy (non-hydrogen) atoms. The quantitative estimate of drug-likeness (QED) is 0.326. The van der Waals surface area contributed by atoms with Crippen LogP contribution in [0.3, 0.4) is 0 Å². The van der Waals surface area contributed by atoms with Gasteiger partial charge in [-0.2, -0.15) is 0 Å². The summed E-state index contributed by atoms with van der Waals surface area (Å²) in [5.41, 5.74) is 0.609. The summed E-state index contributed by atoms with van der Waals surface area (Å²) in [6, 6.07) is 16.1. The number of benzene rings is 2. The van der Waals surface area contributed by atoms with Gasteiger partial charge in [0, 0.05) is 39.1 Å². The maximum Gasteiger partial charge on any atom is 0.303 e. The second-order valence-electron chi connectivity index (χ2n) is 7.92. The SMILES string of the molecule is CC(=O)OC(C(=O)Nc1ccccc1)C(OC(C)=O)C(OC(C)=O)C(OC(C)=O)C(=O)Nc1ccccc1. The molecule has 2 rings (SSSR count). The van der Waals surface area contributed by atoms with Gasteiger partial charge in [-0.15, -0.1) is 0 Å². The van der Waals surface area contributed by atoms with Crippen LogP contribution in [-0.2, 0) is 47.7 Å². The first kappa shape index (κ1) is 29.5. The largest absolute Gasteiger partial charge is 0.454 e. The standard InChI is InChI=1S/C26H28N2O10/c1-15(29)35-21(23(37-17(3)31)25(33)27-19-11-7-5-8-12-19)22(36-16(2)30)24(38-18(4)32)26(34)28-20-13-9-6-10-14-20/h5-14,21-24H,1-4H3,(H,27,33)(H,28,34). The minimum absolute atomic E-state index is 0.304. The molecule has 0 radical (unpaired) electrons. The molecule has 2 aromatic rings. The van der Waals surface area contributed by atoms with Crippen LogP contribution in [0, 0.1) is 0 Å². The molecule has 0 heterocycles. The number of carbonyl (C=O) groups is 6. The smallest absolute Gasteiger partial charge is 0.303 e. The molecule has 12 nitrogen and oxygen atoms in total. The maximum absolute atomic E-state index is 13.2. The Kier molecular flexibility index (Phi) is 11.0. The van der Waals surface area contributed by atoms with E-state index in [-0.39, 0.29) is 0 Å². The molecule has 0 aliphatic carbocycles. The molecular formula is C26H28N2O10. The fraction of sp³-hybridized carbons (Fsp3) is 0.308. The van der Waals surface area contributed by atoms with Gasteiger partial charge in [0.15, 0.2) is 12.2 Å². The summed E-state index contributed by atoms with van der Waals surface area (Å²) >= 11 is 0. The Bertz CT molecular complexity index is 1060. The molecule has 2 aromatic carbocycles. The maximum atomic E-state index is 13.2. The fourth-order valence-corrected chi connectivity index (χ4v) is 3.35. The molecule has 0 fully saturated rings. The lowest BCUT2D eigenvalue weighted by molar-refractivity contribution is -0.198. The van der Waals surface area contributed by atoms with Gasteiger partial charge in [-0.25, -0.2) is 0 Å². The lowest BCUT2D eigenvalue weighted by atomic mass is 10.00. The van der Waals surface area contributed by atoms with Crippen molar-refractivity contribution in [2.45, 2.75) is 52.1 Å². The molecule has 0 aliphatic heterocycles. The summed E-state index contributed by atoms with van der Waals surface area (Å²) in [5, 5.41) is 5.00. The highest BCUT2D eigenvalue weighted by Gasteiger charge is 2.49. The van der Waals surface area contributed by atoms with E-state index in [4.69, 9.17) is 18.9 Å². The molecule has 4 unspecified atom stereocenters. The number of nitrogens with one attached hydrogen (secondary N) is 2. The van der Waals surface area contributed by atoms with Crippen molar-refractivity contribution in [3.8, 4) is 0 Å². The molecule has 4 atom stereocenters. The normalized spacial score (nSPS) is 13.5. The highest BCUT2D eigenvalue weighted by atomic mass is 16.6. The van der Waals surface area contributed by atoms with Crippen molar-refractivity contribution in [1.82, 2.24) is 0 Å². The molecular weight excluding hydrogens is 500 g/mol. The Morgan fingerprint density at radius 3 is 1.05 bits per heavy atom. The third kappa shape index (κ3) is 9.37. The van der Waals surface area contributed by atoms with Gasteiger partial charge >= 0.3 is 23.9 Å². The van der Waals surface area contributed by atoms with Crippen LogP contribution in [0.5, 0.6) is 0 Å². The molecule has 0 spiro atoms. The molecule has 0 aromatic heterocycles.